The number of nitrogens with zero attached hydrogens (tertiary/aromatic N) is 1. The van der Waals surface area contributed by atoms with Gasteiger partial charge in [-0.15, -0.1) is 0 Å². The van der Waals surface area contributed by atoms with Crippen LogP contribution in [0.15, 0.2) is 24.3 Å². The van der Waals surface area contributed by atoms with Gasteiger partial charge in [0, 0.05) is 30.9 Å². The van der Waals surface area contributed by atoms with Gasteiger partial charge in [0.05, 0.1) is 0 Å². The zero-order chi connectivity index (χ0) is 15.2. The SMILES string of the molecule is CCNc1ccc(C(=O)NCC(C)(C)CN(C)C)cc1. The molecule has 0 aliphatic heterocycles. The van der Waals surface area contributed by atoms with E-state index in [1.165, 1.54) is 0 Å². The van der Waals surface area contributed by atoms with Crippen LogP contribution in [0.3, 0.4) is 0 Å². The van der Waals surface area contributed by atoms with Crippen LogP contribution in [0.25, 0.3) is 0 Å². The van der Waals surface area contributed by atoms with E-state index in [0.29, 0.717) is 12.1 Å². The van der Waals surface area contributed by atoms with Gasteiger partial charge in [0.2, 0.25) is 0 Å². The highest BCUT2D eigenvalue weighted by Crippen LogP contribution is 2.15. The van der Waals surface area contributed by atoms with Gasteiger partial charge in [-0.05, 0) is 50.7 Å². The second-order valence-electron chi connectivity index (χ2n) is 6.19. The fraction of sp³-hybridized carbons (Fsp3) is 0.562. The Labute approximate surface area is 122 Å². The molecule has 1 aromatic carbocycles. The monoisotopic (exact) mass is 277 g/mol. The van der Waals surface area contributed by atoms with Crippen molar-refractivity contribution in [3.63, 3.8) is 0 Å². The first-order chi connectivity index (χ1) is 9.34. The molecule has 0 heterocycles. The maximum atomic E-state index is 12.1. The molecule has 0 bridgehead atoms. The Hall–Kier alpha value is -1.55. The normalized spacial score (nSPS) is 11.5. The zero-order valence-corrected chi connectivity index (χ0v) is 13.3. The van der Waals surface area contributed by atoms with Crippen molar-refractivity contribution >= 4 is 11.6 Å². The van der Waals surface area contributed by atoms with Crippen LogP contribution in [0.2, 0.25) is 0 Å². The lowest BCUT2D eigenvalue weighted by atomic mass is 9.93. The molecule has 0 atom stereocenters. The summed E-state index contributed by atoms with van der Waals surface area (Å²) in [5, 5.41) is 6.22. The van der Waals surface area contributed by atoms with Gasteiger partial charge in [-0.2, -0.15) is 0 Å². The van der Waals surface area contributed by atoms with Gasteiger partial charge in [0.25, 0.3) is 5.91 Å². The van der Waals surface area contributed by atoms with Gasteiger partial charge in [-0.1, -0.05) is 13.8 Å². The van der Waals surface area contributed by atoms with Crippen molar-refractivity contribution in [3.05, 3.63) is 29.8 Å². The number of carbonyl (C=O) groups excluding carboxylic acids is 1. The number of hydrogen-bond acceptors (Lipinski definition) is 3. The summed E-state index contributed by atoms with van der Waals surface area (Å²) in [6, 6.07) is 7.57. The minimum absolute atomic E-state index is 0.0140. The topological polar surface area (TPSA) is 44.4 Å². The molecule has 2 N–H and O–H groups in total. The Morgan fingerprint density at radius 2 is 1.80 bits per heavy atom. The third-order valence-electron chi connectivity index (χ3n) is 3.00. The number of amides is 1. The van der Waals surface area contributed by atoms with E-state index in [2.05, 4.69) is 29.4 Å². The van der Waals surface area contributed by atoms with Crippen molar-refractivity contribution in [1.29, 1.82) is 0 Å². The third-order valence-corrected chi connectivity index (χ3v) is 3.00. The van der Waals surface area contributed by atoms with Crippen LogP contribution in [0.4, 0.5) is 5.69 Å². The van der Waals surface area contributed by atoms with Gasteiger partial charge in [0.1, 0.15) is 0 Å². The molecule has 0 saturated heterocycles. The van der Waals surface area contributed by atoms with Crippen LogP contribution >= 0.6 is 0 Å². The van der Waals surface area contributed by atoms with Gasteiger partial charge in [0.15, 0.2) is 0 Å². The van der Waals surface area contributed by atoms with E-state index in [1.807, 2.05) is 45.3 Å². The zero-order valence-electron chi connectivity index (χ0n) is 13.3. The van der Waals surface area contributed by atoms with Crippen molar-refractivity contribution in [2.24, 2.45) is 5.41 Å². The van der Waals surface area contributed by atoms with E-state index >= 15 is 0 Å². The van der Waals surface area contributed by atoms with Crippen molar-refractivity contribution in [1.82, 2.24) is 10.2 Å². The molecule has 112 valence electrons. The van der Waals surface area contributed by atoms with Gasteiger partial charge >= 0.3 is 0 Å². The van der Waals surface area contributed by atoms with Gasteiger partial charge in [-0.3, -0.25) is 4.79 Å². The molecule has 0 aliphatic carbocycles. The lowest BCUT2D eigenvalue weighted by Crippen LogP contribution is -2.39. The van der Waals surface area contributed by atoms with E-state index < -0.39 is 0 Å². The molecule has 0 radical (unpaired) electrons. The van der Waals surface area contributed by atoms with E-state index in [9.17, 15) is 4.79 Å². The standard InChI is InChI=1S/C16H27N3O/c1-6-17-14-9-7-13(8-10-14)15(20)18-11-16(2,3)12-19(4)5/h7-10,17H,6,11-12H2,1-5H3,(H,18,20). The van der Waals surface area contributed by atoms with E-state index in [4.69, 9.17) is 0 Å². The van der Waals surface area contributed by atoms with Crippen molar-refractivity contribution in [3.8, 4) is 0 Å². The minimum atomic E-state index is -0.0140. The fourth-order valence-electron chi connectivity index (χ4n) is 2.28. The maximum Gasteiger partial charge on any atom is 0.251 e. The number of hydrogen-bond donors (Lipinski definition) is 2. The van der Waals surface area contributed by atoms with Crippen LogP contribution < -0.4 is 10.6 Å². The predicted octanol–water partition coefficient (Wildman–Crippen LogP) is 2.44. The molecule has 1 aromatic rings. The van der Waals surface area contributed by atoms with Crippen molar-refractivity contribution in [2.75, 3.05) is 39.0 Å². The van der Waals surface area contributed by atoms with Gasteiger partial charge < -0.3 is 15.5 Å². The summed E-state index contributed by atoms with van der Waals surface area (Å²) in [5.41, 5.74) is 1.80. The Bertz CT molecular complexity index is 424. The first-order valence-corrected chi connectivity index (χ1v) is 7.11. The minimum Gasteiger partial charge on any atom is -0.385 e. The average molecular weight is 277 g/mol. The van der Waals surface area contributed by atoms with E-state index in [-0.39, 0.29) is 11.3 Å². The molecule has 0 fully saturated rings. The smallest absolute Gasteiger partial charge is 0.251 e. The van der Waals surface area contributed by atoms with Crippen molar-refractivity contribution in [2.45, 2.75) is 20.8 Å². The number of carbonyl (C=O) groups is 1. The highest BCUT2D eigenvalue weighted by Gasteiger charge is 2.20. The predicted molar refractivity (Wildman–Crippen MR) is 85.3 cm³/mol. The fourth-order valence-corrected chi connectivity index (χ4v) is 2.28. The summed E-state index contributed by atoms with van der Waals surface area (Å²) < 4.78 is 0. The van der Waals surface area contributed by atoms with Gasteiger partial charge in [-0.25, -0.2) is 0 Å². The van der Waals surface area contributed by atoms with Crippen LogP contribution in [0.5, 0.6) is 0 Å². The number of anilines is 1. The number of benzene rings is 1. The Morgan fingerprint density at radius 1 is 1.20 bits per heavy atom. The van der Waals surface area contributed by atoms with Crippen LogP contribution in [0, 0.1) is 5.41 Å². The molecular weight excluding hydrogens is 250 g/mol. The molecule has 4 heteroatoms. The molecule has 20 heavy (non-hydrogen) atoms. The molecule has 1 rings (SSSR count). The Morgan fingerprint density at radius 3 is 2.30 bits per heavy atom. The average Bonchev–Trinajstić information content (AvgIpc) is 2.36. The summed E-state index contributed by atoms with van der Waals surface area (Å²) in [6.45, 7) is 8.84. The Kier molecular flexibility index (Phi) is 6.02. The molecular formula is C16H27N3O. The molecule has 0 aliphatic rings. The van der Waals surface area contributed by atoms with E-state index in [0.717, 1.165) is 18.8 Å². The second-order valence-corrected chi connectivity index (χ2v) is 6.19. The van der Waals surface area contributed by atoms with Crippen molar-refractivity contribution < 1.29 is 4.79 Å². The summed E-state index contributed by atoms with van der Waals surface area (Å²) >= 11 is 0. The molecule has 4 nitrogen and oxygen atoms in total. The van der Waals surface area contributed by atoms with Crippen LogP contribution in [0.1, 0.15) is 31.1 Å². The summed E-state index contributed by atoms with van der Waals surface area (Å²) in [5.74, 6) is -0.0140. The highest BCUT2D eigenvalue weighted by molar-refractivity contribution is 5.94. The molecule has 0 unspecified atom stereocenters. The molecule has 0 spiro atoms. The summed E-state index contributed by atoms with van der Waals surface area (Å²) in [7, 11) is 4.09. The summed E-state index contributed by atoms with van der Waals surface area (Å²) in [6.07, 6.45) is 0. The lowest BCUT2D eigenvalue weighted by Gasteiger charge is -2.28. The molecule has 0 saturated carbocycles. The third kappa shape index (κ3) is 5.61. The quantitative estimate of drug-likeness (QED) is 0.804. The highest BCUT2D eigenvalue weighted by atomic mass is 16.1. The first-order valence-electron chi connectivity index (χ1n) is 7.11. The largest absolute Gasteiger partial charge is 0.385 e. The molecule has 0 aromatic heterocycles. The lowest BCUT2D eigenvalue weighted by molar-refractivity contribution is 0.0929. The number of rotatable bonds is 7. The van der Waals surface area contributed by atoms with Crippen LogP contribution in [-0.4, -0.2) is 44.5 Å². The van der Waals surface area contributed by atoms with E-state index in [1.54, 1.807) is 0 Å². The molecule has 1 amide bonds. The first kappa shape index (κ1) is 16.5. The number of nitrogens with one attached hydrogen (secondary N) is 2. The van der Waals surface area contributed by atoms with Crippen LogP contribution in [-0.2, 0) is 0 Å². The summed E-state index contributed by atoms with van der Waals surface area (Å²) in [4.78, 5) is 14.2. The second kappa shape index (κ2) is 7.29. The Balaban J connectivity index is 2.54. The maximum absolute atomic E-state index is 12.1.